The average molecular weight is 330 g/mol. The van der Waals surface area contributed by atoms with Crippen LogP contribution >= 0.6 is 0 Å². The summed E-state index contributed by atoms with van der Waals surface area (Å²) in [5.74, 6) is 0.188. The number of esters is 1. The third-order valence-corrected chi connectivity index (χ3v) is 8.71. The number of carbonyl (C=O) groups excluding carboxylic acids is 1. The van der Waals surface area contributed by atoms with Crippen molar-refractivity contribution in [2.24, 2.45) is 11.7 Å². The Morgan fingerprint density at radius 1 is 1.32 bits per heavy atom. The third-order valence-electron chi connectivity index (χ3n) is 4.20. The Hall–Kier alpha value is -0.653. The maximum absolute atomic E-state index is 11.9. The first-order valence-corrected chi connectivity index (χ1v) is 11.0. The third kappa shape index (κ3) is 7.56. The van der Waals surface area contributed by atoms with Crippen LogP contribution in [0.5, 0.6) is 0 Å². The minimum Gasteiger partial charge on any atom is -0.461 e. The molecule has 0 heterocycles. The van der Waals surface area contributed by atoms with Gasteiger partial charge in [-0.05, 0) is 30.5 Å². The maximum atomic E-state index is 11.9. The van der Waals surface area contributed by atoms with Gasteiger partial charge in [-0.2, -0.15) is 0 Å². The molecule has 0 saturated heterocycles. The summed E-state index contributed by atoms with van der Waals surface area (Å²) < 4.78 is 11.5. The molecule has 0 aliphatic rings. The zero-order valence-electron chi connectivity index (χ0n) is 15.4. The summed E-state index contributed by atoms with van der Waals surface area (Å²) in [6.45, 7) is 18.9. The van der Waals surface area contributed by atoms with Gasteiger partial charge in [0, 0.05) is 6.04 Å². The van der Waals surface area contributed by atoms with E-state index in [1.165, 1.54) is 0 Å². The molecule has 4 nitrogen and oxygen atoms in total. The molecule has 0 rings (SSSR count). The Bertz CT molecular complexity index is 361. The first-order valence-electron chi connectivity index (χ1n) is 8.10. The molecule has 0 aliphatic heterocycles. The van der Waals surface area contributed by atoms with Crippen LogP contribution in [0, 0.1) is 5.92 Å². The highest BCUT2D eigenvalue weighted by atomic mass is 28.4. The summed E-state index contributed by atoms with van der Waals surface area (Å²) in [4.78, 5) is 11.9. The second-order valence-corrected chi connectivity index (χ2v) is 12.6. The second kappa shape index (κ2) is 8.84. The number of carbonyl (C=O) groups is 1. The average Bonchev–Trinajstić information content (AvgIpc) is 2.33. The van der Waals surface area contributed by atoms with Gasteiger partial charge in [-0.15, -0.1) is 0 Å². The van der Waals surface area contributed by atoms with Gasteiger partial charge in [-0.25, -0.2) is 0 Å². The molecule has 0 aromatic heterocycles. The van der Waals surface area contributed by atoms with E-state index in [4.69, 9.17) is 14.9 Å². The van der Waals surface area contributed by atoms with E-state index in [0.29, 0.717) is 5.92 Å². The number of hydrogen-bond acceptors (Lipinski definition) is 4. The van der Waals surface area contributed by atoms with Gasteiger partial charge in [0.1, 0.15) is 6.61 Å². The van der Waals surface area contributed by atoms with Gasteiger partial charge in [-0.1, -0.05) is 47.3 Å². The van der Waals surface area contributed by atoms with Crippen molar-refractivity contribution < 1.29 is 14.0 Å². The predicted octanol–water partition coefficient (Wildman–Crippen LogP) is 3.87. The van der Waals surface area contributed by atoms with Crippen LogP contribution in [-0.4, -0.2) is 33.0 Å². The molecule has 2 N–H and O–H groups in total. The van der Waals surface area contributed by atoms with E-state index in [1.54, 1.807) is 6.08 Å². The molecule has 2 atom stereocenters. The van der Waals surface area contributed by atoms with E-state index in [-0.39, 0.29) is 36.2 Å². The highest BCUT2D eigenvalue weighted by Crippen LogP contribution is 2.38. The number of ether oxygens (including phenoxy) is 1. The lowest BCUT2D eigenvalue weighted by molar-refractivity contribution is -0.144. The molecule has 130 valence electrons. The fourth-order valence-corrected chi connectivity index (χ4v) is 3.28. The van der Waals surface area contributed by atoms with Crippen LogP contribution in [0.15, 0.2) is 12.7 Å². The molecule has 0 unspecified atom stereocenters. The molecule has 0 radical (unpaired) electrons. The van der Waals surface area contributed by atoms with Crippen LogP contribution < -0.4 is 5.73 Å². The largest absolute Gasteiger partial charge is 0.461 e. The number of nitrogens with two attached hydrogens (primary N) is 1. The predicted molar refractivity (Wildman–Crippen MR) is 95.3 cm³/mol. The van der Waals surface area contributed by atoms with Gasteiger partial charge in [-0.3, -0.25) is 4.79 Å². The van der Waals surface area contributed by atoms with Gasteiger partial charge in [0.25, 0.3) is 0 Å². The summed E-state index contributed by atoms with van der Waals surface area (Å²) in [5.41, 5.74) is 6.32. The lowest BCUT2D eigenvalue weighted by atomic mass is 9.98. The van der Waals surface area contributed by atoms with Crippen LogP contribution in [0.2, 0.25) is 18.1 Å². The Labute approximate surface area is 137 Å². The summed E-state index contributed by atoms with van der Waals surface area (Å²) in [6.07, 6.45) is 2.30. The molecule has 0 saturated carbocycles. The van der Waals surface area contributed by atoms with Crippen LogP contribution in [-0.2, 0) is 14.0 Å². The van der Waals surface area contributed by atoms with E-state index in [2.05, 4.69) is 54.3 Å². The number of rotatable bonds is 9. The summed E-state index contributed by atoms with van der Waals surface area (Å²) in [5, 5.41) is 0.0772. The van der Waals surface area contributed by atoms with E-state index < -0.39 is 8.32 Å². The highest BCUT2D eigenvalue weighted by molar-refractivity contribution is 6.74. The van der Waals surface area contributed by atoms with E-state index in [1.807, 2.05) is 0 Å². The van der Waals surface area contributed by atoms with E-state index >= 15 is 0 Å². The van der Waals surface area contributed by atoms with Gasteiger partial charge in [0.2, 0.25) is 0 Å². The SMILES string of the molecule is C=CCOC(=O)C[C@H](O[Si](C)(C)C(C)(C)C)[C@H](N)CC(C)C. The van der Waals surface area contributed by atoms with Gasteiger partial charge >= 0.3 is 5.97 Å². The minimum absolute atomic E-state index is 0.0772. The molecule has 0 amide bonds. The van der Waals surface area contributed by atoms with Crippen molar-refractivity contribution in [3.63, 3.8) is 0 Å². The normalized spacial score (nSPS) is 15.5. The Morgan fingerprint density at radius 3 is 2.27 bits per heavy atom. The fourth-order valence-electron chi connectivity index (χ4n) is 1.91. The molecule has 0 fully saturated rings. The Balaban J connectivity index is 5.01. The summed E-state index contributed by atoms with van der Waals surface area (Å²) in [6, 6.07) is -0.162. The van der Waals surface area contributed by atoms with Gasteiger partial charge in [0.05, 0.1) is 12.5 Å². The first-order chi connectivity index (χ1) is 9.90. The minimum atomic E-state index is -1.99. The molecule has 22 heavy (non-hydrogen) atoms. The van der Waals surface area contributed by atoms with Crippen molar-refractivity contribution in [3.05, 3.63) is 12.7 Å². The van der Waals surface area contributed by atoms with Crippen molar-refractivity contribution in [3.8, 4) is 0 Å². The quantitative estimate of drug-likeness (QED) is 0.396. The van der Waals surface area contributed by atoms with E-state index in [0.717, 1.165) is 6.42 Å². The zero-order valence-corrected chi connectivity index (χ0v) is 16.4. The molecule has 0 spiro atoms. The Kier molecular flexibility index (Phi) is 8.58. The summed E-state index contributed by atoms with van der Waals surface area (Å²) in [7, 11) is -1.99. The standard InChI is InChI=1S/C17H35NO3Si/c1-9-10-20-16(19)12-15(14(18)11-13(2)3)21-22(7,8)17(4,5)6/h9,13-15H,1,10-12,18H2,2-8H3/t14-,15+/m1/s1. The van der Waals surface area contributed by atoms with Crippen LogP contribution in [0.25, 0.3) is 0 Å². The molecule has 0 aromatic carbocycles. The Morgan fingerprint density at radius 2 is 1.86 bits per heavy atom. The lowest BCUT2D eigenvalue weighted by Gasteiger charge is -2.40. The molecule has 0 aliphatic carbocycles. The molecule has 0 aromatic rings. The number of hydrogen-bond donors (Lipinski definition) is 1. The van der Waals surface area contributed by atoms with Gasteiger partial charge < -0.3 is 14.9 Å². The van der Waals surface area contributed by atoms with Crippen LogP contribution in [0.3, 0.4) is 0 Å². The monoisotopic (exact) mass is 329 g/mol. The summed E-state index contributed by atoms with van der Waals surface area (Å²) >= 11 is 0. The van der Waals surface area contributed by atoms with Crippen molar-refractivity contribution in [1.82, 2.24) is 0 Å². The van der Waals surface area contributed by atoms with Crippen molar-refractivity contribution >= 4 is 14.3 Å². The fraction of sp³-hybridized carbons (Fsp3) is 0.824. The second-order valence-electron chi connectivity index (χ2n) is 7.89. The topological polar surface area (TPSA) is 61.5 Å². The molecular formula is C17H35NO3Si. The molecular weight excluding hydrogens is 294 g/mol. The lowest BCUT2D eigenvalue weighted by Crippen LogP contribution is -2.50. The zero-order chi connectivity index (χ0) is 17.6. The maximum Gasteiger partial charge on any atom is 0.308 e. The van der Waals surface area contributed by atoms with Crippen molar-refractivity contribution in [2.45, 2.75) is 77.7 Å². The van der Waals surface area contributed by atoms with E-state index in [9.17, 15) is 4.79 Å². The highest BCUT2D eigenvalue weighted by Gasteiger charge is 2.40. The van der Waals surface area contributed by atoms with Gasteiger partial charge in [0.15, 0.2) is 8.32 Å². The smallest absolute Gasteiger partial charge is 0.308 e. The van der Waals surface area contributed by atoms with Crippen LogP contribution in [0.1, 0.15) is 47.5 Å². The first kappa shape index (κ1) is 21.3. The van der Waals surface area contributed by atoms with Crippen molar-refractivity contribution in [2.75, 3.05) is 6.61 Å². The van der Waals surface area contributed by atoms with Crippen LogP contribution in [0.4, 0.5) is 0 Å². The van der Waals surface area contributed by atoms with Crippen molar-refractivity contribution in [1.29, 1.82) is 0 Å². The molecule has 5 heteroatoms. The molecule has 0 bridgehead atoms.